The molecule has 0 saturated heterocycles. The number of nitrogens with zero attached hydrogens (tertiary/aromatic N) is 1. The number of aromatic nitrogens is 1. The summed E-state index contributed by atoms with van der Waals surface area (Å²) in [6, 6.07) is 9.09. The standard InChI is InChI=1S/C14H14N2O3/c17-9-11-3-1-2-10(6-11)7-16-13-4-5-15-8-12(13)14(18)19/h1-6,8,17H,7,9H2,(H,15,16)(H,18,19). The van der Waals surface area contributed by atoms with E-state index in [-0.39, 0.29) is 12.2 Å². The van der Waals surface area contributed by atoms with Gasteiger partial charge in [0.15, 0.2) is 0 Å². The van der Waals surface area contributed by atoms with Gasteiger partial charge in [0.25, 0.3) is 0 Å². The Kier molecular flexibility index (Phi) is 4.10. The first-order chi connectivity index (χ1) is 9.20. The maximum Gasteiger partial charge on any atom is 0.339 e. The Morgan fingerprint density at radius 1 is 1.26 bits per heavy atom. The predicted molar refractivity (Wildman–Crippen MR) is 70.9 cm³/mol. The van der Waals surface area contributed by atoms with Gasteiger partial charge in [-0.2, -0.15) is 0 Å². The van der Waals surface area contributed by atoms with Crippen LogP contribution in [0.1, 0.15) is 21.5 Å². The van der Waals surface area contributed by atoms with Gasteiger partial charge in [-0.15, -0.1) is 0 Å². The first kappa shape index (κ1) is 13.0. The van der Waals surface area contributed by atoms with Crippen molar-refractivity contribution >= 4 is 11.7 Å². The number of benzene rings is 1. The fourth-order valence-corrected chi connectivity index (χ4v) is 1.75. The van der Waals surface area contributed by atoms with Crippen molar-refractivity contribution in [2.45, 2.75) is 13.2 Å². The van der Waals surface area contributed by atoms with E-state index < -0.39 is 5.97 Å². The highest BCUT2D eigenvalue weighted by Gasteiger charge is 2.09. The van der Waals surface area contributed by atoms with Crippen molar-refractivity contribution in [2.75, 3.05) is 5.32 Å². The molecule has 19 heavy (non-hydrogen) atoms. The Hall–Kier alpha value is -2.40. The van der Waals surface area contributed by atoms with Gasteiger partial charge in [0.2, 0.25) is 0 Å². The highest BCUT2D eigenvalue weighted by atomic mass is 16.4. The fourth-order valence-electron chi connectivity index (χ4n) is 1.75. The number of pyridine rings is 1. The number of carboxylic acids is 1. The Morgan fingerprint density at radius 3 is 2.79 bits per heavy atom. The van der Waals surface area contributed by atoms with Crippen molar-refractivity contribution in [1.82, 2.24) is 4.98 Å². The molecule has 0 bridgehead atoms. The SMILES string of the molecule is O=C(O)c1cnccc1NCc1cccc(CO)c1. The van der Waals surface area contributed by atoms with Crippen molar-refractivity contribution in [3.8, 4) is 0 Å². The van der Waals surface area contributed by atoms with Crippen LogP contribution < -0.4 is 5.32 Å². The van der Waals surface area contributed by atoms with Gasteiger partial charge >= 0.3 is 5.97 Å². The van der Waals surface area contributed by atoms with Crippen LogP contribution in [0, 0.1) is 0 Å². The lowest BCUT2D eigenvalue weighted by atomic mass is 10.1. The maximum absolute atomic E-state index is 11.0. The van der Waals surface area contributed by atoms with E-state index in [2.05, 4.69) is 10.3 Å². The van der Waals surface area contributed by atoms with Gasteiger partial charge in [-0.1, -0.05) is 24.3 Å². The summed E-state index contributed by atoms with van der Waals surface area (Å²) in [5.41, 5.74) is 2.46. The normalized spacial score (nSPS) is 10.2. The molecule has 0 saturated carbocycles. The largest absolute Gasteiger partial charge is 0.478 e. The second kappa shape index (κ2) is 5.97. The van der Waals surface area contributed by atoms with E-state index in [1.807, 2.05) is 24.3 Å². The molecule has 5 nitrogen and oxygen atoms in total. The molecule has 1 aromatic carbocycles. The van der Waals surface area contributed by atoms with E-state index in [0.717, 1.165) is 11.1 Å². The molecule has 2 rings (SSSR count). The van der Waals surface area contributed by atoms with Gasteiger partial charge in [0.05, 0.1) is 12.3 Å². The molecule has 1 aromatic heterocycles. The van der Waals surface area contributed by atoms with Crippen LogP contribution in [0.3, 0.4) is 0 Å². The van der Waals surface area contributed by atoms with Crippen LogP contribution in [-0.2, 0) is 13.2 Å². The fraction of sp³-hybridized carbons (Fsp3) is 0.143. The Morgan fingerprint density at radius 2 is 2.05 bits per heavy atom. The predicted octanol–water partition coefficient (Wildman–Crippen LogP) is 1.88. The summed E-state index contributed by atoms with van der Waals surface area (Å²) in [4.78, 5) is 14.8. The molecular weight excluding hydrogens is 244 g/mol. The molecule has 2 aromatic rings. The average Bonchev–Trinajstić information content (AvgIpc) is 2.45. The van der Waals surface area contributed by atoms with Crippen molar-refractivity contribution in [3.63, 3.8) is 0 Å². The molecule has 0 aliphatic heterocycles. The van der Waals surface area contributed by atoms with Gasteiger partial charge < -0.3 is 15.5 Å². The molecular formula is C14H14N2O3. The number of carboxylic acid groups (broad SMARTS) is 1. The van der Waals surface area contributed by atoms with Crippen molar-refractivity contribution in [3.05, 3.63) is 59.4 Å². The Bertz CT molecular complexity index is 584. The van der Waals surface area contributed by atoms with Gasteiger partial charge in [-0.05, 0) is 17.2 Å². The summed E-state index contributed by atoms with van der Waals surface area (Å²) >= 11 is 0. The third-order valence-corrected chi connectivity index (χ3v) is 2.71. The molecule has 0 radical (unpaired) electrons. The van der Waals surface area contributed by atoms with E-state index in [1.165, 1.54) is 6.20 Å². The number of nitrogens with one attached hydrogen (secondary N) is 1. The lowest BCUT2D eigenvalue weighted by molar-refractivity contribution is 0.0697. The molecule has 3 N–H and O–H groups in total. The summed E-state index contributed by atoms with van der Waals surface area (Å²) in [5.74, 6) is -1.01. The Balaban J connectivity index is 2.12. The molecule has 0 spiro atoms. The molecule has 0 aliphatic rings. The van der Waals surface area contributed by atoms with Crippen LogP contribution in [0.5, 0.6) is 0 Å². The molecule has 98 valence electrons. The molecule has 5 heteroatoms. The number of rotatable bonds is 5. The van der Waals surface area contributed by atoms with Crippen LogP contribution in [0.15, 0.2) is 42.7 Å². The van der Waals surface area contributed by atoms with Gasteiger partial charge in [0.1, 0.15) is 5.56 Å². The van der Waals surface area contributed by atoms with Gasteiger partial charge in [0, 0.05) is 18.9 Å². The molecule has 0 fully saturated rings. The van der Waals surface area contributed by atoms with Crippen LogP contribution >= 0.6 is 0 Å². The first-order valence-corrected chi connectivity index (χ1v) is 5.80. The minimum absolute atomic E-state index is 0.0104. The highest BCUT2D eigenvalue weighted by Crippen LogP contribution is 2.15. The zero-order valence-corrected chi connectivity index (χ0v) is 10.2. The van der Waals surface area contributed by atoms with Crippen molar-refractivity contribution < 1.29 is 15.0 Å². The van der Waals surface area contributed by atoms with Crippen LogP contribution in [0.2, 0.25) is 0 Å². The summed E-state index contributed by atoms with van der Waals surface area (Å²) in [7, 11) is 0. The smallest absolute Gasteiger partial charge is 0.339 e. The number of carbonyl (C=O) groups is 1. The van der Waals surface area contributed by atoms with E-state index >= 15 is 0 Å². The molecule has 0 unspecified atom stereocenters. The quantitative estimate of drug-likeness (QED) is 0.762. The Labute approximate surface area is 110 Å². The van der Waals surface area contributed by atoms with Crippen LogP contribution in [-0.4, -0.2) is 21.2 Å². The van der Waals surface area contributed by atoms with E-state index in [4.69, 9.17) is 10.2 Å². The molecule has 0 amide bonds. The lowest BCUT2D eigenvalue weighted by Crippen LogP contribution is -2.07. The van der Waals surface area contributed by atoms with Crippen LogP contribution in [0.4, 0.5) is 5.69 Å². The number of aliphatic hydroxyl groups excluding tert-OH is 1. The topological polar surface area (TPSA) is 82.5 Å². The van der Waals surface area contributed by atoms with Crippen molar-refractivity contribution in [1.29, 1.82) is 0 Å². The van der Waals surface area contributed by atoms with E-state index in [1.54, 1.807) is 12.3 Å². The van der Waals surface area contributed by atoms with E-state index in [9.17, 15) is 4.79 Å². The third-order valence-electron chi connectivity index (χ3n) is 2.71. The second-order valence-electron chi connectivity index (χ2n) is 4.06. The summed E-state index contributed by atoms with van der Waals surface area (Å²) in [6.45, 7) is 0.474. The van der Waals surface area contributed by atoms with Gasteiger partial charge in [-0.25, -0.2) is 4.79 Å². The number of anilines is 1. The summed E-state index contributed by atoms with van der Waals surface area (Å²) < 4.78 is 0. The zero-order chi connectivity index (χ0) is 13.7. The second-order valence-corrected chi connectivity index (χ2v) is 4.06. The minimum atomic E-state index is -1.01. The zero-order valence-electron chi connectivity index (χ0n) is 10.2. The first-order valence-electron chi connectivity index (χ1n) is 5.80. The summed E-state index contributed by atoms with van der Waals surface area (Å²) in [6.07, 6.45) is 2.85. The third kappa shape index (κ3) is 3.29. The molecule has 0 aliphatic carbocycles. The average molecular weight is 258 g/mol. The van der Waals surface area contributed by atoms with Crippen molar-refractivity contribution in [2.24, 2.45) is 0 Å². The monoisotopic (exact) mass is 258 g/mol. The number of aliphatic hydroxyl groups is 1. The van der Waals surface area contributed by atoms with Crippen LogP contribution in [0.25, 0.3) is 0 Å². The van der Waals surface area contributed by atoms with Gasteiger partial charge in [-0.3, -0.25) is 4.98 Å². The van der Waals surface area contributed by atoms with E-state index in [0.29, 0.717) is 12.2 Å². The number of hydrogen-bond acceptors (Lipinski definition) is 4. The highest BCUT2D eigenvalue weighted by molar-refractivity contribution is 5.93. The molecule has 0 atom stereocenters. The summed E-state index contributed by atoms with van der Waals surface area (Å²) in [5, 5.41) is 21.1. The molecule has 1 heterocycles. The number of aromatic carboxylic acids is 1. The maximum atomic E-state index is 11.0. The lowest BCUT2D eigenvalue weighted by Gasteiger charge is -2.09. The minimum Gasteiger partial charge on any atom is -0.478 e. The number of hydrogen-bond donors (Lipinski definition) is 3.